The summed E-state index contributed by atoms with van der Waals surface area (Å²) in [4.78, 5) is 0. The first kappa shape index (κ1) is 17.9. The van der Waals surface area contributed by atoms with Crippen molar-refractivity contribution >= 4 is 5.71 Å². The van der Waals surface area contributed by atoms with E-state index in [1.807, 2.05) is 38.2 Å². The SMILES string of the molecule is C#Cc1ccc(C2=NNC(NC)c3ccccc32)c(OCOCC)c1F. The van der Waals surface area contributed by atoms with E-state index in [2.05, 4.69) is 21.8 Å². The number of ether oxygens (including phenoxy) is 2. The van der Waals surface area contributed by atoms with Gasteiger partial charge in [-0.1, -0.05) is 30.2 Å². The lowest BCUT2D eigenvalue weighted by atomic mass is 9.93. The van der Waals surface area contributed by atoms with Crippen LogP contribution in [0.4, 0.5) is 4.39 Å². The van der Waals surface area contributed by atoms with Crippen LogP contribution in [-0.4, -0.2) is 26.2 Å². The Hall–Kier alpha value is -2.88. The van der Waals surface area contributed by atoms with Gasteiger partial charge in [-0.25, -0.2) is 4.39 Å². The van der Waals surface area contributed by atoms with Crippen LogP contribution in [0.25, 0.3) is 0 Å². The summed E-state index contributed by atoms with van der Waals surface area (Å²) < 4.78 is 25.6. The third-order valence-electron chi connectivity index (χ3n) is 4.12. The maximum atomic E-state index is 14.8. The fourth-order valence-corrected chi connectivity index (χ4v) is 2.83. The lowest BCUT2D eigenvalue weighted by Crippen LogP contribution is -2.34. The highest BCUT2D eigenvalue weighted by molar-refractivity contribution is 6.15. The van der Waals surface area contributed by atoms with Gasteiger partial charge in [0.15, 0.2) is 18.4 Å². The molecule has 0 fully saturated rings. The lowest BCUT2D eigenvalue weighted by molar-refractivity contribution is 0.0200. The summed E-state index contributed by atoms with van der Waals surface area (Å²) in [5, 5.41) is 7.59. The largest absolute Gasteiger partial charge is 0.464 e. The molecule has 6 heteroatoms. The first-order valence-corrected chi connectivity index (χ1v) is 8.31. The zero-order valence-electron chi connectivity index (χ0n) is 14.7. The number of fused-ring (bicyclic) bond motifs is 1. The first-order chi connectivity index (χ1) is 12.7. The molecule has 1 heterocycles. The molecule has 0 bridgehead atoms. The molecule has 3 rings (SSSR count). The predicted octanol–water partition coefficient (Wildman–Crippen LogP) is 2.75. The Kier molecular flexibility index (Phi) is 5.52. The number of terminal acetylenes is 1. The summed E-state index contributed by atoms with van der Waals surface area (Å²) in [5.74, 6) is 1.77. The maximum absolute atomic E-state index is 14.8. The van der Waals surface area contributed by atoms with Crippen LogP contribution in [0.2, 0.25) is 0 Å². The fourth-order valence-electron chi connectivity index (χ4n) is 2.83. The second-order valence-electron chi connectivity index (χ2n) is 5.60. The number of hydrogen-bond acceptors (Lipinski definition) is 5. The van der Waals surface area contributed by atoms with Crippen molar-refractivity contribution < 1.29 is 13.9 Å². The van der Waals surface area contributed by atoms with Gasteiger partial charge in [0.05, 0.1) is 5.56 Å². The summed E-state index contributed by atoms with van der Waals surface area (Å²) >= 11 is 0. The van der Waals surface area contributed by atoms with Gasteiger partial charge in [-0.2, -0.15) is 5.10 Å². The molecular formula is C20H20FN3O2. The molecule has 1 aliphatic heterocycles. The third-order valence-corrected chi connectivity index (χ3v) is 4.12. The number of hydrazone groups is 1. The van der Waals surface area contributed by atoms with E-state index in [1.165, 1.54) is 0 Å². The second-order valence-corrected chi connectivity index (χ2v) is 5.60. The van der Waals surface area contributed by atoms with Crippen molar-refractivity contribution in [2.24, 2.45) is 5.10 Å². The Labute approximate surface area is 152 Å². The molecule has 2 aromatic carbocycles. The molecule has 0 saturated carbocycles. The van der Waals surface area contributed by atoms with Gasteiger partial charge >= 0.3 is 0 Å². The van der Waals surface area contributed by atoms with E-state index in [4.69, 9.17) is 15.9 Å². The molecule has 1 aliphatic rings. The maximum Gasteiger partial charge on any atom is 0.189 e. The third kappa shape index (κ3) is 3.27. The quantitative estimate of drug-likeness (QED) is 0.476. The number of halogens is 1. The van der Waals surface area contributed by atoms with Gasteiger partial charge < -0.3 is 9.47 Å². The zero-order chi connectivity index (χ0) is 18.5. The van der Waals surface area contributed by atoms with E-state index in [9.17, 15) is 4.39 Å². The minimum atomic E-state index is -0.597. The Morgan fingerprint density at radius 3 is 2.81 bits per heavy atom. The number of hydrogen-bond donors (Lipinski definition) is 2. The zero-order valence-corrected chi connectivity index (χ0v) is 14.7. The van der Waals surface area contributed by atoms with E-state index in [1.54, 1.807) is 12.1 Å². The van der Waals surface area contributed by atoms with Gasteiger partial charge in [0.25, 0.3) is 0 Å². The average molecular weight is 353 g/mol. The first-order valence-electron chi connectivity index (χ1n) is 8.31. The summed E-state index contributed by atoms with van der Waals surface area (Å²) in [6, 6.07) is 11.1. The van der Waals surface area contributed by atoms with E-state index in [0.717, 1.165) is 11.1 Å². The van der Waals surface area contributed by atoms with Crippen LogP contribution in [0.3, 0.4) is 0 Å². The van der Waals surface area contributed by atoms with Crippen LogP contribution in [-0.2, 0) is 4.74 Å². The van der Waals surface area contributed by atoms with Crippen molar-refractivity contribution in [1.82, 2.24) is 10.7 Å². The molecule has 1 unspecified atom stereocenters. The Bertz CT molecular complexity index is 874. The Morgan fingerprint density at radius 1 is 1.27 bits per heavy atom. The molecule has 0 amide bonds. The van der Waals surface area contributed by atoms with Crippen LogP contribution < -0.4 is 15.5 Å². The second kappa shape index (κ2) is 8.00. The van der Waals surface area contributed by atoms with Crippen molar-refractivity contribution in [3.8, 4) is 18.1 Å². The molecule has 26 heavy (non-hydrogen) atoms. The molecule has 0 aliphatic carbocycles. The molecule has 0 saturated heterocycles. The van der Waals surface area contributed by atoms with E-state index < -0.39 is 5.82 Å². The van der Waals surface area contributed by atoms with Crippen molar-refractivity contribution in [2.75, 3.05) is 20.4 Å². The molecule has 2 aromatic rings. The highest BCUT2D eigenvalue weighted by Gasteiger charge is 2.26. The lowest BCUT2D eigenvalue weighted by Gasteiger charge is -2.26. The highest BCUT2D eigenvalue weighted by Crippen LogP contribution is 2.31. The smallest absolute Gasteiger partial charge is 0.189 e. The monoisotopic (exact) mass is 353 g/mol. The van der Waals surface area contributed by atoms with Crippen LogP contribution in [0.1, 0.15) is 35.3 Å². The minimum Gasteiger partial charge on any atom is -0.464 e. The van der Waals surface area contributed by atoms with Crippen molar-refractivity contribution in [3.05, 3.63) is 64.5 Å². The number of nitrogens with one attached hydrogen (secondary N) is 2. The Balaban J connectivity index is 2.10. The fraction of sp³-hybridized carbons (Fsp3) is 0.250. The van der Waals surface area contributed by atoms with E-state index in [0.29, 0.717) is 17.9 Å². The van der Waals surface area contributed by atoms with Crippen molar-refractivity contribution in [3.63, 3.8) is 0 Å². The van der Waals surface area contributed by atoms with E-state index >= 15 is 0 Å². The minimum absolute atomic E-state index is 0.0344. The summed E-state index contributed by atoms with van der Waals surface area (Å²) in [7, 11) is 1.84. The molecule has 2 N–H and O–H groups in total. The van der Waals surface area contributed by atoms with Crippen molar-refractivity contribution in [1.29, 1.82) is 0 Å². The molecule has 0 spiro atoms. The van der Waals surface area contributed by atoms with Gasteiger partial charge in [0.2, 0.25) is 0 Å². The molecular weight excluding hydrogens is 333 g/mol. The summed E-state index contributed by atoms with van der Waals surface area (Å²) in [6.07, 6.45) is 5.26. The van der Waals surface area contributed by atoms with Crippen LogP contribution in [0.5, 0.6) is 5.75 Å². The number of rotatable bonds is 6. The van der Waals surface area contributed by atoms with Gasteiger partial charge in [-0.15, -0.1) is 6.42 Å². The van der Waals surface area contributed by atoms with Crippen LogP contribution in [0.15, 0.2) is 41.5 Å². The van der Waals surface area contributed by atoms with Gasteiger partial charge in [0.1, 0.15) is 11.9 Å². The molecule has 5 nitrogen and oxygen atoms in total. The molecule has 1 atom stereocenters. The highest BCUT2D eigenvalue weighted by atomic mass is 19.1. The van der Waals surface area contributed by atoms with E-state index in [-0.39, 0.29) is 24.3 Å². The topological polar surface area (TPSA) is 54.9 Å². The van der Waals surface area contributed by atoms with Gasteiger partial charge in [-0.3, -0.25) is 10.7 Å². The normalized spacial score (nSPS) is 15.5. The molecule has 0 aromatic heterocycles. The molecule has 134 valence electrons. The van der Waals surface area contributed by atoms with Crippen LogP contribution in [0, 0.1) is 18.2 Å². The standard InChI is InChI=1S/C20H20FN3O2/c1-4-13-10-11-16(19(17(13)21)26-12-25-5-2)18-14-8-6-7-9-15(14)20(22-3)24-23-18/h1,6-11,20,22,24H,5,12H2,2-3H3. The summed E-state index contributed by atoms with van der Waals surface area (Å²) in [5.41, 5.74) is 6.17. The summed E-state index contributed by atoms with van der Waals surface area (Å²) in [6.45, 7) is 2.22. The van der Waals surface area contributed by atoms with Gasteiger partial charge in [-0.05, 0) is 31.7 Å². The number of benzene rings is 2. The predicted molar refractivity (Wildman–Crippen MR) is 98.5 cm³/mol. The van der Waals surface area contributed by atoms with Gasteiger partial charge in [0, 0.05) is 17.7 Å². The Morgan fingerprint density at radius 2 is 2.08 bits per heavy atom. The molecule has 0 radical (unpaired) electrons. The number of nitrogens with zero attached hydrogens (tertiary/aromatic N) is 1. The van der Waals surface area contributed by atoms with Crippen molar-refractivity contribution in [2.45, 2.75) is 13.1 Å². The van der Waals surface area contributed by atoms with Crippen LogP contribution >= 0.6 is 0 Å². The average Bonchev–Trinajstić information content (AvgIpc) is 2.68.